The Labute approximate surface area is 139 Å². The molecule has 0 saturated heterocycles. The van der Waals surface area contributed by atoms with Crippen molar-refractivity contribution in [2.45, 2.75) is 6.92 Å². The fourth-order valence-corrected chi connectivity index (χ4v) is 3.10. The molecule has 120 valence electrons. The van der Waals surface area contributed by atoms with Crippen molar-refractivity contribution in [3.05, 3.63) is 40.8 Å². The van der Waals surface area contributed by atoms with Gasteiger partial charge in [0.2, 0.25) is 6.34 Å². The van der Waals surface area contributed by atoms with Gasteiger partial charge in [-0.2, -0.15) is 0 Å². The number of hydrogen-bond acceptors (Lipinski definition) is 4. The average molecular weight is 331 g/mol. The lowest BCUT2D eigenvalue weighted by atomic mass is 10.0. The highest BCUT2D eigenvalue weighted by Gasteiger charge is 2.27. The summed E-state index contributed by atoms with van der Waals surface area (Å²) in [5.74, 6) is -0.439. The van der Waals surface area contributed by atoms with Gasteiger partial charge in [0.1, 0.15) is 5.56 Å². The smallest absolute Gasteiger partial charge is 0.344 e. The predicted octanol–water partition coefficient (Wildman–Crippen LogP) is 3.12. The third-order valence-electron chi connectivity index (χ3n) is 3.04. The number of nitrogens with one attached hydrogen (secondary N) is 1. The summed E-state index contributed by atoms with van der Waals surface area (Å²) < 4.78 is 7.00. The zero-order valence-corrected chi connectivity index (χ0v) is 14.1. The Morgan fingerprint density at radius 2 is 2.00 bits per heavy atom. The van der Waals surface area contributed by atoms with Crippen LogP contribution in [-0.4, -0.2) is 43.9 Å². The first kappa shape index (κ1) is 16.9. The van der Waals surface area contributed by atoms with Gasteiger partial charge in [0, 0.05) is 5.56 Å². The number of carbonyl (C=O) groups is 2. The fourth-order valence-electron chi connectivity index (χ4n) is 2.11. The number of nitrogens with zero attached hydrogens (tertiary/aromatic N) is 1. The van der Waals surface area contributed by atoms with Crippen molar-refractivity contribution in [1.29, 1.82) is 0 Å². The molecule has 1 heterocycles. The highest BCUT2D eigenvalue weighted by molar-refractivity contribution is 7.18. The van der Waals surface area contributed by atoms with Crippen molar-refractivity contribution in [1.82, 2.24) is 0 Å². The first-order valence-electron chi connectivity index (χ1n) is 7.19. The van der Waals surface area contributed by atoms with Crippen LogP contribution in [0.15, 0.2) is 30.3 Å². The van der Waals surface area contributed by atoms with Crippen LogP contribution in [0.2, 0.25) is 0 Å². The van der Waals surface area contributed by atoms with E-state index in [1.54, 1.807) is 13.3 Å². The second-order valence-corrected chi connectivity index (χ2v) is 6.04. The van der Waals surface area contributed by atoms with Crippen LogP contribution in [0, 0.1) is 0 Å². The topological polar surface area (TPSA) is 58.4 Å². The summed E-state index contributed by atoms with van der Waals surface area (Å²) >= 11 is 1.24. The minimum Gasteiger partial charge on any atom is -0.462 e. The molecule has 23 heavy (non-hydrogen) atoms. The van der Waals surface area contributed by atoms with E-state index in [2.05, 4.69) is 5.32 Å². The number of anilines is 1. The Morgan fingerprint density at radius 1 is 1.30 bits per heavy atom. The number of esters is 1. The van der Waals surface area contributed by atoms with Gasteiger partial charge in [0.05, 0.1) is 25.6 Å². The molecule has 5 nitrogen and oxygen atoms in total. The lowest BCUT2D eigenvalue weighted by Crippen LogP contribution is -2.11. The molecule has 0 fully saturated rings. The van der Waals surface area contributed by atoms with Gasteiger partial charge in [0.15, 0.2) is 11.3 Å². The lowest BCUT2D eigenvalue weighted by Gasteiger charge is -2.06. The minimum absolute atomic E-state index is 0.274. The maximum Gasteiger partial charge on any atom is 0.344 e. The van der Waals surface area contributed by atoms with Crippen molar-refractivity contribution in [2.24, 2.45) is 0 Å². The summed E-state index contributed by atoms with van der Waals surface area (Å²) in [5, 5.41) is 3.67. The van der Waals surface area contributed by atoms with Crippen LogP contribution in [0.3, 0.4) is 0 Å². The van der Waals surface area contributed by atoms with Crippen molar-refractivity contribution in [3.8, 4) is 11.1 Å². The number of benzene rings is 1. The van der Waals surface area contributed by atoms with Crippen molar-refractivity contribution < 1.29 is 18.9 Å². The third-order valence-corrected chi connectivity index (χ3v) is 4.08. The van der Waals surface area contributed by atoms with Crippen molar-refractivity contribution in [3.63, 3.8) is 0 Å². The zero-order chi connectivity index (χ0) is 16.8. The lowest BCUT2D eigenvalue weighted by molar-refractivity contribution is -0.459. The molecule has 0 saturated carbocycles. The van der Waals surface area contributed by atoms with Crippen LogP contribution in [0.1, 0.15) is 27.0 Å². The first-order chi connectivity index (χ1) is 11.1. The summed E-state index contributed by atoms with van der Waals surface area (Å²) in [5.41, 5.74) is 1.81. The van der Waals surface area contributed by atoms with Gasteiger partial charge in [-0.1, -0.05) is 41.7 Å². The Hall–Kier alpha value is -2.47. The van der Waals surface area contributed by atoms with Crippen LogP contribution in [0.25, 0.3) is 11.1 Å². The predicted molar refractivity (Wildman–Crippen MR) is 92.9 cm³/mol. The molecule has 0 aliphatic rings. The molecule has 1 aromatic carbocycles. The van der Waals surface area contributed by atoms with E-state index < -0.39 is 5.97 Å². The monoisotopic (exact) mass is 331 g/mol. The quantitative estimate of drug-likeness (QED) is 0.290. The Bertz CT molecular complexity index is 732. The van der Waals surface area contributed by atoms with Gasteiger partial charge in [-0.25, -0.2) is 10.1 Å². The standard InChI is InChI=1S/C17H18N2O3S/c1-4-22-17(21)15-14(12-8-6-5-7-9-12)13(10-20)23-16(15)18-11-19(2)3/h5-11H,4H2,1-3H3/p+1. The molecule has 6 heteroatoms. The summed E-state index contributed by atoms with van der Waals surface area (Å²) in [6.45, 7) is 2.03. The van der Waals surface area contributed by atoms with Gasteiger partial charge in [0.25, 0.3) is 0 Å². The number of carbonyl (C=O) groups excluding carboxylic acids is 2. The van der Waals surface area contributed by atoms with Crippen LogP contribution in [0.5, 0.6) is 0 Å². The number of ether oxygens (including phenoxy) is 1. The van der Waals surface area contributed by atoms with Crippen LogP contribution in [-0.2, 0) is 4.74 Å². The molecular weight excluding hydrogens is 312 g/mol. The van der Waals surface area contributed by atoms with Gasteiger partial charge in [-0.3, -0.25) is 9.37 Å². The van der Waals surface area contributed by atoms with Gasteiger partial charge in [-0.15, -0.1) is 0 Å². The van der Waals surface area contributed by atoms with Crippen LogP contribution >= 0.6 is 11.3 Å². The van der Waals surface area contributed by atoms with E-state index in [0.29, 0.717) is 21.0 Å². The van der Waals surface area contributed by atoms with Gasteiger partial charge < -0.3 is 4.74 Å². The van der Waals surface area contributed by atoms with E-state index >= 15 is 0 Å². The molecule has 0 bridgehead atoms. The summed E-state index contributed by atoms with van der Waals surface area (Å²) in [7, 11) is 3.73. The third kappa shape index (κ3) is 3.84. The Kier molecular flexibility index (Phi) is 5.65. The summed E-state index contributed by atoms with van der Waals surface area (Å²) in [4.78, 5) is 24.4. The molecule has 1 N–H and O–H groups in total. The van der Waals surface area contributed by atoms with E-state index in [9.17, 15) is 9.59 Å². The normalized spacial score (nSPS) is 10.0. The van der Waals surface area contributed by atoms with Crippen molar-refractivity contribution >= 4 is 34.9 Å². The Balaban J connectivity index is 2.64. The van der Waals surface area contributed by atoms with E-state index in [1.807, 2.05) is 49.0 Å². The highest BCUT2D eigenvalue weighted by atomic mass is 32.1. The molecule has 0 radical (unpaired) electrons. The van der Waals surface area contributed by atoms with Crippen LogP contribution in [0.4, 0.5) is 5.00 Å². The largest absolute Gasteiger partial charge is 0.462 e. The SMILES string of the molecule is CCOC(=O)c1c(NC=[N+](C)C)sc(C=O)c1-c1ccccc1. The van der Waals surface area contributed by atoms with E-state index in [-0.39, 0.29) is 6.61 Å². The van der Waals surface area contributed by atoms with E-state index in [0.717, 1.165) is 11.8 Å². The minimum atomic E-state index is -0.439. The summed E-state index contributed by atoms with van der Waals surface area (Å²) in [6, 6.07) is 9.37. The number of aldehydes is 1. The molecule has 1 aromatic heterocycles. The molecule has 0 aliphatic heterocycles. The molecule has 0 unspecified atom stereocenters. The maximum absolute atomic E-state index is 12.4. The molecule has 0 amide bonds. The van der Waals surface area contributed by atoms with Gasteiger partial charge >= 0.3 is 5.97 Å². The number of rotatable bonds is 6. The molecule has 2 rings (SSSR count). The Morgan fingerprint density at radius 3 is 2.57 bits per heavy atom. The van der Waals surface area contributed by atoms with E-state index in [4.69, 9.17) is 4.74 Å². The number of thiophene rings is 1. The zero-order valence-electron chi connectivity index (χ0n) is 13.3. The average Bonchev–Trinajstić information content (AvgIpc) is 2.92. The second kappa shape index (κ2) is 7.69. The first-order valence-corrected chi connectivity index (χ1v) is 8.01. The summed E-state index contributed by atoms with van der Waals surface area (Å²) in [6.07, 6.45) is 2.49. The van der Waals surface area contributed by atoms with Gasteiger partial charge in [-0.05, 0) is 12.5 Å². The molecule has 2 aromatic rings. The molecule has 0 spiro atoms. The highest BCUT2D eigenvalue weighted by Crippen LogP contribution is 2.39. The maximum atomic E-state index is 12.4. The molecule has 0 aliphatic carbocycles. The van der Waals surface area contributed by atoms with Crippen LogP contribution < -0.4 is 5.32 Å². The van der Waals surface area contributed by atoms with E-state index in [1.165, 1.54) is 11.3 Å². The van der Waals surface area contributed by atoms with Crippen molar-refractivity contribution in [2.75, 3.05) is 26.0 Å². The number of hydrogen-bond donors (Lipinski definition) is 1. The molecular formula is C17H19N2O3S+. The fraction of sp³-hybridized carbons (Fsp3) is 0.235. The second-order valence-electron chi connectivity index (χ2n) is 4.99. The molecule has 0 atom stereocenters.